The Labute approximate surface area is 724 Å². The summed E-state index contributed by atoms with van der Waals surface area (Å²) < 4.78 is 14.1. The zero-order valence-electron chi connectivity index (χ0n) is 68.2. The topological polar surface area (TPSA) is 68.2 Å². The molecule has 19 aromatic carbocycles. The van der Waals surface area contributed by atoms with Gasteiger partial charge in [-0.25, -0.2) is 0 Å². The van der Waals surface area contributed by atoms with Crippen LogP contribution in [0.25, 0.3) is 244 Å². The van der Waals surface area contributed by atoms with Crippen LogP contribution in [0.15, 0.2) is 443 Å². The minimum atomic E-state index is 0.479. The van der Waals surface area contributed by atoms with Gasteiger partial charge in [-0.2, -0.15) is 15.0 Å². The van der Waals surface area contributed by atoms with Crippen molar-refractivity contribution in [2.24, 2.45) is 0 Å². The molecule has 0 aliphatic carbocycles. The molecule has 0 aliphatic rings. The maximum absolute atomic E-state index is 5.94. The Morgan fingerprint density at radius 3 is 0.595 bits per heavy atom. The fourth-order valence-corrected chi connectivity index (χ4v) is 20.2. The summed E-state index contributed by atoms with van der Waals surface area (Å²) in [4.78, 5) is 17.6. The zero-order chi connectivity index (χ0) is 82.6. The van der Waals surface area contributed by atoms with Crippen molar-refractivity contribution in [1.82, 2.24) is 42.4 Å². The van der Waals surface area contributed by atoms with Gasteiger partial charge in [-0.3, -0.25) is 9.13 Å². The Bertz CT molecular complexity index is 8050. The van der Waals surface area contributed by atoms with Crippen LogP contribution in [0.3, 0.4) is 0 Å². The predicted molar refractivity (Wildman–Crippen MR) is 524 cm³/mol. The fraction of sp³-hybridized carbons (Fsp3) is 0. The number of nitrogens with zero attached hydrogens (tertiary/aromatic N) is 9. The van der Waals surface area contributed by atoms with E-state index in [4.69, 9.17) is 15.0 Å². The van der Waals surface area contributed by atoms with Crippen LogP contribution >= 0.6 is 0 Å². The quantitative estimate of drug-likeness (QED) is 0.116. The van der Waals surface area contributed by atoms with Gasteiger partial charge in [0, 0.05) is 92.9 Å². The van der Waals surface area contributed by atoms with Crippen molar-refractivity contribution < 1.29 is 0 Å². The second-order valence-corrected chi connectivity index (χ2v) is 33.1. The molecule has 586 valence electrons. The lowest BCUT2D eigenvalue weighted by Crippen LogP contribution is -2.10. The number of hydrogen-bond donors (Lipinski definition) is 0. The predicted octanol–water partition coefficient (Wildman–Crippen LogP) is 30.1. The van der Waals surface area contributed by atoms with Crippen molar-refractivity contribution in [3.05, 3.63) is 443 Å². The number of aromatic nitrogens is 9. The second kappa shape index (κ2) is 28.3. The van der Waals surface area contributed by atoms with Gasteiger partial charge < -0.3 is 18.3 Å². The third-order valence-corrected chi connectivity index (χ3v) is 26.1. The molecular weight excluding hydrogens is 1530 g/mol. The molecule has 7 heterocycles. The van der Waals surface area contributed by atoms with Crippen molar-refractivity contribution >= 4 is 131 Å². The maximum atomic E-state index is 5.94. The first-order valence-electron chi connectivity index (χ1n) is 43.0. The van der Waals surface area contributed by atoms with E-state index in [0.717, 1.165) is 177 Å². The Balaban J connectivity index is 0.707. The molecule has 0 atom stereocenters. The Kier molecular flexibility index (Phi) is 15.9. The van der Waals surface area contributed by atoms with E-state index < -0.39 is 0 Å². The first kappa shape index (κ1) is 70.8. The van der Waals surface area contributed by atoms with Gasteiger partial charge in [0.05, 0.1) is 66.2 Å². The highest BCUT2D eigenvalue weighted by Crippen LogP contribution is 2.46. The maximum Gasteiger partial charge on any atom is 0.240 e. The third kappa shape index (κ3) is 11.2. The molecule has 0 aliphatic heterocycles. The van der Waals surface area contributed by atoms with Gasteiger partial charge in [0.2, 0.25) is 11.9 Å². The molecule has 0 amide bonds. The highest BCUT2D eigenvalue weighted by atomic mass is 15.3. The molecule has 0 saturated heterocycles. The lowest BCUT2D eigenvalue weighted by Gasteiger charge is -2.14. The van der Waals surface area contributed by atoms with Crippen LogP contribution in [0.2, 0.25) is 0 Å². The van der Waals surface area contributed by atoms with E-state index >= 15 is 0 Å². The van der Waals surface area contributed by atoms with Gasteiger partial charge in [0.1, 0.15) is 0 Å². The number of hydrogen-bond acceptors (Lipinski definition) is 3. The van der Waals surface area contributed by atoms with Gasteiger partial charge >= 0.3 is 0 Å². The van der Waals surface area contributed by atoms with Crippen molar-refractivity contribution in [1.29, 1.82) is 0 Å². The first-order chi connectivity index (χ1) is 62.5. The number of fused-ring (bicyclic) bond motifs is 18. The van der Waals surface area contributed by atoms with E-state index in [2.05, 4.69) is 470 Å². The number of rotatable bonds is 13. The molecule has 7 aromatic heterocycles. The van der Waals surface area contributed by atoms with E-state index in [1.807, 2.05) is 0 Å². The normalized spacial score (nSPS) is 12.0. The number of benzene rings is 19. The minimum Gasteiger partial charge on any atom is -0.309 e. The fourth-order valence-electron chi connectivity index (χ4n) is 20.2. The molecule has 9 heteroatoms. The summed E-state index contributed by atoms with van der Waals surface area (Å²) in [5.41, 5.74) is 31.7. The molecule has 9 nitrogen and oxygen atoms in total. The van der Waals surface area contributed by atoms with Crippen molar-refractivity contribution in [3.8, 4) is 113 Å². The van der Waals surface area contributed by atoms with Crippen LogP contribution in [-0.4, -0.2) is 42.4 Å². The van der Waals surface area contributed by atoms with Crippen LogP contribution in [0.5, 0.6) is 0 Å². The van der Waals surface area contributed by atoms with Crippen molar-refractivity contribution in [3.63, 3.8) is 0 Å². The molecule has 0 radical (unpaired) electrons. The SMILES string of the molecule is c1ccc(-c2ccc(-c3cccc(-c4nc(-n5c6ccc(-c7ccc8c(c7)c7ccccc7n8-c7ccccc7)cc6c6cc(-c7ccc8c(c7)c7ccccc7n8-c7ccccc7)ccc65)nc(-n5c6ccc(-c7ccc8c(c7)c7ccccc7n8-c7ccccc7)cc6c6cc(-c7ccc8c(c7)c7ccccc7n8-c7ccccc7)ccc65)n4)c3)cc2)cc1. The average Bonchev–Trinajstić information content (AvgIpc) is 1.11. The summed E-state index contributed by atoms with van der Waals surface area (Å²) in [5, 5.41) is 13.8. The summed E-state index contributed by atoms with van der Waals surface area (Å²) >= 11 is 0. The van der Waals surface area contributed by atoms with Gasteiger partial charge in [0.25, 0.3) is 0 Å². The lowest BCUT2D eigenvalue weighted by atomic mass is 9.98. The molecule has 0 bridgehead atoms. The highest BCUT2D eigenvalue weighted by molar-refractivity contribution is 6.18. The largest absolute Gasteiger partial charge is 0.309 e. The summed E-state index contributed by atoms with van der Waals surface area (Å²) in [6.45, 7) is 0. The molecule has 26 rings (SSSR count). The molecule has 0 spiro atoms. The van der Waals surface area contributed by atoms with E-state index in [9.17, 15) is 0 Å². The lowest BCUT2D eigenvalue weighted by molar-refractivity contribution is 0.893. The Morgan fingerprint density at radius 2 is 0.310 bits per heavy atom. The standard InChI is InChI=1S/C117H73N9/c1-6-25-74(26-7-1)75-45-47-76(48-46-75)77-27-24-28-86(65-77)115-118-116(125-111-61-53-82(78-49-57-107-95(66-78)91-37-16-20-41-103(91)121(107)87-29-8-2-9-30-87)70-99(111)100-71-83(54-62-112(100)125)79-50-58-108-96(67-79)92-38-17-21-42-104(92)122(108)88-31-10-3-11-32-88)120-117(119-115)126-113-63-55-84(80-51-59-109-97(68-80)93-39-18-22-43-105(93)123(109)89-33-12-4-13-34-89)72-101(113)102-73-85(56-64-114(102)126)81-52-60-110-98(69-81)94-40-19-23-44-106(94)124(110)90-35-14-5-15-36-90/h1-73H. The van der Waals surface area contributed by atoms with Crippen molar-refractivity contribution in [2.45, 2.75) is 0 Å². The van der Waals surface area contributed by atoms with Crippen LogP contribution in [-0.2, 0) is 0 Å². The average molecular weight is 1600 g/mol. The zero-order valence-corrected chi connectivity index (χ0v) is 68.2. The second-order valence-electron chi connectivity index (χ2n) is 33.1. The van der Waals surface area contributed by atoms with Crippen LogP contribution in [0.1, 0.15) is 0 Å². The molecular formula is C117H73N9. The summed E-state index contributed by atoms with van der Waals surface area (Å²) in [5.74, 6) is 1.49. The summed E-state index contributed by atoms with van der Waals surface area (Å²) in [6, 6.07) is 162. The van der Waals surface area contributed by atoms with E-state index in [-0.39, 0.29) is 0 Å². The van der Waals surface area contributed by atoms with Gasteiger partial charge in [-0.1, -0.05) is 267 Å². The van der Waals surface area contributed by atoms with Gasteiger partial charge in [0.15, 0.2) is 5.82 Å². The number of para-hydroxylation sites is 8. The Hall–Kier alpha value is -17.0. The van der Waals surface area contributed by atoms with Crippen LogP contribution in [0, 0.1) is 0 Å². The van der Waals surface area contributed by atoms with Crippen LogP contribution in [0.4, 0.5) is 0 Å². The molecule has 126 heavy (non-hydrogen) atoms. The van der Waals surface area contributed by atoms with Crippen LogP contribution < -0.4 is 0 Å². The molecule has 26 aromatic rings. The molecule has 0 fully saturated rings. The van der Waals surface area contributed by atoms with Gasteiger partial charge in [-0.15, -0.1) is 0 Å². The molecule has 0 unspecified atom stereocenters. The third-order valence-electron chi connectivity index (χ3n) is 26.1. The van der Waals surface area contributed by atoms with E-state index in [1.54, 1.807) is 0 Å². The summed E-state index contributed by atoms with van der Waals surface area (Å²) in [7, 11) is 0. The van der Waals surface area contributed by atoms with Crippen molar-refractivity contribution in [2.75, 3.05) is 0 Å². The monoisotopic (exact) mass is 1600 g/mol. The smallest absolute Gasteiger partial charge is 0.240 e. The summed E-state index contributed by atoms with van der Waals surface area (Å²) in [6.07, 6.45) is 0. The Morgan fingerprint density at radius 1 is 0.119 bits per heavy atom. The first-order valence-corrected chi connectivity index (χ1v) is 43.0. The highest BCUT2D eigenvalue weighted by Gasteiger charge is 2.26. The van der Waals surface area contributed by atoms with E-state index in [1.165, 1.54) is 48.7 Å². The van der Waals surface area contributed by atoms with Gasteiger partial charge in [-0.05, 0) is 243 Å². The van der Waals surface area contributed by atoms with E-state index in [0.29, 0.717) is 17.7 Å². The molecule has 0 N–H and O–H groups in total. The molecule has 0 saturated carbocycles. The minimum absolute atomic E-state index is 0.479.